The first-order valence-corrected chi connectivity index (χ1v) is 12.1. The molecule has 0 aliphatic carbocycles. The third kappa shape index (κ3) is 3.35. The van der Waals surface area contributed by atoms with E-state index in [1.54, 1.807) is 47.8 Å². The van der Waals surface area contributed by atoms with Gasteiger partial charge < -0.3 is 4.74 Å². The monoisotopic (exact) mass is 467 g/mol. The van der Waals surface area contributed by atoms with Gasteiger partial charge in [0, 0.05) is 13.1 Å². The number of nitrogens with zero attached hydrogens (tertiary/aromatic N) is 5. The fraction of sp³-hybridized carbons (Fsp3) is 0.273. The first kappa shape index (κ1) is 21.1. The van der Waals surface area contributed by atoms with E-state index in [-0.39, 0.29) is 18.2 Å². The van der Waals surface area contributed by atoms with E-state index in [1.165, 1.54) is 15.1 Å². The highest BCUT2D eigenvalue weighted by atomic mass is 32.2. The van der Waals surface area contributed by atoms with Crippen LogP contribution in [0.2, 0.25) is 0 Å². The summed E-state index contributed by atoms with van der Waals surface area (Å²) in [5, 5.41) is 8.71. The number of ether oxygens (including phenoxy) is 1. The van der Waals surface area contributed by atoms with E-state index in [1.807, 2.05) is 13.0 Å². The summed E-state index contributed by atoms with van der Waals surface area (Å²) in [6.07, 6.45) is 1.68. The first-order valence-electron chi connectivity index (χ1n) is 10.3. The number of fused-ring (bicyclic) bond motifs is 4. The molecule has 1 atom stereocenters. The number of rotatable bonds is 4. The van der Waals surface area contributed by atoms with Crippen LogP contribution in [-0.4, -0.2) is 45.8 Å². The van der Waals surface area contributed by atoms with Crippen molar-refractivity contribution in [2.75, 3.05) is 10.6 Å². The second kappa shape index (κ2) is 7.41. The maximum Gasteiger partial charge on any atom is 0.338 e. The van der Waals surface area contributed by atoms with Crippen LogP contribution in [0.25, 0.3) is 16.7 Å². The highest BCUT2D eigenvalue weighted by Gasteiger charge is 2.33. The minimum Gasteiger partial charge on any atom is -0.454 e. The van der Waals surface area contributed by atoms with Crippen molar-refractivity contribution in [3.8, 4) is 0 Å². The van der Waals surface area contributed by atoms with Gasteiger partial charge in [-0.3, -0.25) is 18.1 Å². The summed E-state index contributed by atoms with van der Waals surface area (Å²) in [7, 11) is -1.80. The molecule has 1 aliphatic rings. The van der Waals surface area contributed by atoms with Crippen molar-refractivity contribution in [3.05, 3.63) is 69.8 Å². The van der Waals surface area contributed by atoms with Gasteiger partial charge >= 0.3 is 5.97 Å². The van der Waals surface area contributed by atoms with Crippen LogP contribution in [-0.2, 0) is 34.8 Å². The van der Waals surface area contributed by atoms with Gasteiger partial charge in [0.2, 0.25) is 15.8 Å². The normalized spacial score (nSPS) is 15.8. The van der Waals surface area contributed by atoms with Crippen LogP contribution in [0.1, 0.15) is 28.7 Å². The van der Waals surface area contributed by atoms with Crippen LogP contribution < -0.4 is 9.86 Å². The molecule has 0 saturated carbocycles. The lowest BCUT2D eigenvalue weighted by Crippen LogP contribution is -2.34. The van der Waals surface area contributed by atoms with E-state index in [9.17, 15) is 18.0 Å². The Morgan fingerprint density at radius 2 is 1.94 bits per heavy atom. The van der Waals surface area contributed by atoms with Crippen molar-refractivity contribution in [3.63, 3.8) is 0 Å². The summed E-state index contributed by atoms with van der Waals surface area (Å²) in [6, 6.07) is 11.7. The van der Waals surface area contributed by atoms with Gasteiger partial charge in [-0.2, -0.15) is 0 Å². The molecule has 1 aliphatic heterocycles. The van der Waals surface area contributed by atoms with Crippen LogP contribution in [0.3, 0.4) is 0 Å². The molecule has 170 valence electrons. The second-order valence-corrected chi connectivity index (χ2v) is 10.0. The van der Waals surface area contributed by atoms with Crippen molar-refractivity contribution in [1.82, 2.24) is 19.2 Å². The molecule has 11 heteroatoms. The largest absolute Gasteiger partial charge is 0.454 e. The lowest BCUT2D eigenvalue weighted by molar-refractivity contribution is 0.0461. The Morgan fingerprint density at radius 1 is 1.18 bits per heavy atom. The minimum absolute atomic E-state index is 0.148. The third-order valence-electron chi connectivity index (χ3n) is 5.85. The smallest absolute Gasteiger partial charge is 0.338 e. The van der Waals surface area contributed by atoms with Gasteiger partial charge in [0.1, 0.15) is 0 Å². The van der Waals surface area contributed by atoms with Gasteiger partial charge in [0.15, 0.2) is 12.4 Å². The Hall–Kier alpha value is -3.73. The number of carbonyl (C=O) groups is 1. The SMILES string of the molecule is CC1Cc2cc(C(=O)OCc3nnc4n(C)c(=O)c5ccccc5n34)ccc2N1S(C)(=O)=O. The molecule has 4 aromatic rings. The predicted molar refractivity (Wildman–Crippen MR) is 122 cm³/mol. The van der Waals surface area contributed by atoms with Gasteiger partial charge in [0.25, 0.3) is 5.56 Å². The van der Waals surface area contributed by atoms with Crippen LogP contribution >= 0.6 is 0 Å². The van der Waals surface area contributed by atoms with Gasteiger partial charge in [-0.15, -0.1) is 10.2 Å². The Balaban J connectivity index is 1.44. The van der Waals surface area contributed by atoms with Crippen molar-refractivity contribution in [2.45, 2.75) is 26.0 Å². The summed E-state index contributed by atoms with van der Waals surface area (Å²) in [6.45, 7) is 1.68. The van der Waals surface area contributed by atoms with Gasteiger partial charge in [-0.05, 0) is 49.2 Å². The molecule has 0 fully saturated rings. The lowest BCUT2D eigenvalue weighted by atomic mass is 10.1. The van der Waals surface area contributed by atoms with E-state index in [0.717, 1.165) is 5.56 Å². The summed E-state index contributed by atoms with van der Waals surface area (Å²) in [4.78, 5) is 25.3. The second-order valence-electron chi connectivity index (χ2n) is 8.16. The molecule has 33 heavy (non-hydrogen) atoms. The molecule has 0 N–H and O–H groups in total. The van der Waals surface area contributed by atoms with Gasteiger partial charge in [-0.1, -0.05) is 12.1 Å². The number of benzene rings is 2. The average Bonchev–Trinajstić information content (AvgIpc) is 3.35. The maximum absolute atomic E-state index is 12.8. The number of esters is 1. The highest BCUT2D eigenvalue weighted by molar-refractivity contribution is 7.92. The molecule has 3 heterocycles. The van der Waals surface area contributed by atoms with Crippen molar-refractivity contribution >= 4 is 38.4 Å². The number of hydrogen-bond acceptors (Lipinski definition) is 7. The van der Waals surface area contributed by atoms with Crippen LogP contribution in [0, 0.1) is 0 Å². The molecule has 0 spiro atoms. The summed E-state index contributed by atoms with van der Waals surface area (Å²) in [5.74, 6) is 0.162. The number of hydrogen-bond donors (Lipinski definition) is 0. The van der Waals surface area contributed by atoms with Gasteiger partial charge in [-0.25, -0.2) is 13.2 Å². The molecule has 2 aromatic heterocycles. The van der Waals surface area contributed by atoms with Crippen LogP contribution in [0.15, 0.2) is 47.3 Å². The molecule has 0 amide bonds. The topological polar surface area (TPSA) is 116 Å². The van der Waals surface area contributed by atoms with E-state index in [2.05, 4.69) is 10.2 Å². The van der Waals surface area contributed by atoms with Crippen LogP contribution in [0.4, 0.5) is 5.69 Å². The summed E-state index contributed by atoms with van der Waals surface area (Å²) >= 11 is 0. The highest BCUT2D eigenvalue weighted by Crippen LogP contribution is 2.34. The maximum atomic E-state index is 12.8. The van der Waals surface area contributed by atoms with Crippen molar-refractivity contribution in [2.24, 2.45) is 7.05 Å². The predicted octanol–water partition coefficient (Wildman–Crippen LogP) is 1.65. The molecule has 2 aromatic carbocycles. The molecule has 10 nitrogen and oxygen atoms in total. The summed E-state index contributed by atoms with van der Waals surface area (Å²) in [5.41, 5.74) is 2.11. The number of anilines is 1. The summed E-state index contributed by atoms with van der Waals surface area (Å²) < 4.78 is 34.2. The Kier molecular flexibility index (Phi) is 4.74. The average molecular weight is 468 g/mol. The Labute approximate surface area is 189 Å². The number of sulfonamides is 1. The number of para-hydroxylation sites is 1. The number of carbonyl (C=O) groups excluding carboxylic acids is 1. The van der Waals surface area contributed by atoms with Crippen molar-refractivity contribution < 1.29 is 17.9 Å². The molecular weight excluding hydrogens is 446 g/mol. The fourth-order valence-electron chi connectivity index (χ4n) is 4.43. The Morgan fingerprint density at radius 3 is 2.70 bits per heavy atom. The number of aryl methyl sites for hydroxylation is 1. The quantitative estimate of drug-likeness (QED) is 0.419. The minimum atomic E-state index is -3.41. The Bertz CT molecular complexity index is 1610. The molecular formula is C22H21N5O5S. The van der Waals surface area contributed by atoms with Crippen LogP contribution in [0.5, 0.6) is 0 Å². The molecule has 1 unspecified atom stereocenters. The third-order valence-corrected chi connectivity index (χ3v) is 7.12. The fourth-order valence-corrected chi connectivity index (χ4v) is 5.70. The first-order chi connectivity index (χ1) is 15.7. The molecule has 5 rings (SSSR count). The zero-order valence-corrected chi connectivity index (χ0v) is 19.0. The van der Waals surface area contributed by atoms with E-state index in [0.29, 0.717) is 40.2 Å². The number of aromatic nitrogens is 4. The molecule has 0 radical (unpaired) electrons. The van der Waals surface area contributed by atoms with E-state index in [4.69, 9.17) is 4.74 Å². The lowest BCUT2D eigenvalue weighted by Gasteiger charge is -2.21. The van der Waals surface area contributed by atoms with Gasteiger partial charge in [0.05, 0.1) is 28.4 Å². The van der Waals surface area contributed by atoms with E-state index < -0.39 is 16.0 Å². The molecule has 0 saturated heterocycles. The molecule has 0 bridgehead atoms. The zero-order chi connectivity index (χ0) is 23.5. The van der Waals surface area contributed by atoms with Crippen molar-refractivity contribution in [1.29, 1.82) is 0 Å². The standard InChI is InChI=1S/C22H21N5O5S/c1-13-10-15-11-14(8-9-17(15)27(13)33(3,30)31)21(29)32-12-19-23-24-22-25(2)20(28)16-6-4-5-7-18(16)26(19)22/h4-9,11,13H,10,12H2,1-3H3. The zero-order valence-electron chi connectivity index (χ0n) is 18.2. The van der Waals surface area contributed by atoms with E-state index >= 15 is 0 Å².